The van der Waals surface area contributed by atoms with E-state index in [1.807, 2.05) is 24.3 Å². The fourth-order valence-corrected chi connectivity index (χ4v) is 6.29. The Kier molecular flexibility index (Phi) is 4.38. The number of nitrogens with zero attached hydrogens (tertiary/aromatic N) is 5. The SMILES string of the molecule is N#Cc1ncc(N2C(=O)C3CN4CC(C(=S)Nc5ccc6c(c5)OCO6)[N+]3(C4)C2=O)c2ccccc12. The predicted octanol–water partition coefficient (Wildman–Crippen LogP) is 2.58. The third kappa shape index (κ3) is 2.71. The van der Waals surface area contributed by atoms with Crippen LogP contribution in [0.3, 0.4) is 0 Å². The van der Waals surface area contributed by atoms with Gasteiger partial charge in [0.1, 0.15) is 23.4 Å². The minimum absolute atomic E-state index is 0.0659. The Labute approximate surface area is 210 Å². The highest BCUT2D eigenvalue weighted by molar-refractivity contribution is 7.80. The van der Waals surface area contributed by atoms with Gasteiger partial charge in [0.25, 0.3) is 5.91 Å². The maximum Gasteiger partial charge on any atom is 0.433 e. The van der Waals surface area contributed by atoms with E-state index in [0.29, 0.717) is 52.7 Å². The fraction of sp³-hybridized carbons (Fsp3) is 0.240. The number of piperazine rings is 1. The van der Waals surface area contributed by atoms with Crippen molar-refractivity contribution in [2.45, 2.75) is 12.1 Å². The van der Waals surface area contributed by atoms with Gasteiger partial charge in [-0.15, -0.1) is 0 Å². The molecular formula is C25H19N6O4S+. The summed E-state index contributed by atoms with van der Waals surface area (Å²) < 4.78 is 10.8. The molecule has 36 heavy (non-hydrogen) atoms. The number of thiocarbonyl (C=S) groups is 1. The average molecular weight is 500 g/mol. The molecule has 11 heteroatoms. The minimum atomic E-state index is -0.554. The minimum Gasteiger partial charge on any atom is -0.454 e. The molecule has 4 unspecified atom stereocenters. The summed E-state index contributed by atoms with van der Waals surface area (Å²) in [5.74, 6) is 1.03. The van der Waals surface area contributed by atoms with Crippen molar-refractivity contribution < 1.29 is 23.5 Å². The number of fused-ring (bicyclic) bond motifs is 3. The topological polar surface area (TPSA) is 108 Å². The van der Waals surface area contributed by atoms with E-state index in [0.717, 1.165) is 5.69 Å². The molecule has 0 radical (unpaired) electrons. The Morgan fingerprint density at radius 3 is 2.78 bits per heavy atom. The molecule has 1 spiro atoms. The van der Waals surface area contributed by atoms with Crippen LogP contribution >= 0.6 is 12.2 Å². The quantitative estimate of drug-likeness (QED) is 0.330. The van der Waals surface area contributed by atoms with E-state index in [4.69, 9.17) is 21.7 Å². The Hall–Kier alpha value is -4.11. The van der Waals surface area contributed by atoms with Crippen LogP contribution in [0.2, 0.25) is 0 Å². The third-order valence-corrected chi connectivity index (χ3v) is 7.90. The number of carbonyl (C=O) groups excluding carboxylic acids is 2. The highest BCUT2D eigenvalue weighted by Gasteiger charge is 2.73. The molecule has 2 bridgehead atoms. The van der Waals surface area contributed by atoms with Gasteiger partial charge >= 0.3 is 6.03 Å². The number of pyridine rings is 1. The number of hydrogen-bond acceptors (Lipinski definition) is 8. The third-order valence-electron chi connectivity index (χ3n) is 7.53. The largest absolute Gasteiger partial charge is 0.454 e. The molecule has 3 saturated heterocycles. The number of amides is 3. The number of aromatic nitrogens is 1. The number of anilines is 2. The lowest BCUT2D eigenvalue weighted by Gasteiger charge is -2.34. The van der Waals surface area contributed by atoms with Crippen molar-refractivity contribution in [3.05, 3.63) is 54.4 Å². The molecule has 4 atom stereocenters. The lowest BCUT2D eigenvalue weighted by atomic mass is 10.1. The molecular weight excluding hydrogens is 480 g/mol. The number of hydrogen-bond donors (Lipinski definition) is 1. The van der Waals surface area contributed by atoms with Gasteiger partial charge in [0, 0.05) is 22.5 Å². The van der Waals surface area contributed by atoms with Crippen LogP contribution in [-0.4, -0.2) is 69.9 Å². The number of nitrogens with one attached hydrogen (secondary N) is 1. The van der Waals surface area contributed by atoms with Crippen LogP contribution in [0, 0.1) is 11.3 Å². The standard InChI is InChI=1S/C25H18N6O4S/c26-8-17-15-3-1-2-4-16(15)18(9-27-17)30-24(32)20-11-29-10-19(31(20,12-29)25(30)33)23(36)28-14-5-6-21-22(7-14)35-13-34-21/h1-7,9,19-20H,10-13H2/p+1. The fourth-order valence-electron chi connectivity index (χ4n) is 5.91. The van der Waals surface area contributed by atoms with Gasteiger partial charge < -0.3 is 14.8 Å². The lowest BCUT2D eigenvalue weighted by molar-refractivity contribution is -0.851. The zero-order chi connectivity index (χ0) is 24.6. The number of ether oxygens (including phenoxy) is 2. The van der Waals surface area contributed by atoms with E-state index < -0.39 is 6.04 Å². The summed E-state index contributed by atoms with van der Waals surface area (Å²) >= 11 is 5.81. The van der Waals surface area contributed by atoms with Crippen molar-refractivity contribution in [3.8, 4) is 17.6 Å². The van der Waals surface area contributed by atoms with Crippen molar-refractivity contribution in [3.63, 3.8) is 0 Å². The Morgan fingerprint density at radius 1 is 1.14 bits per heavy atom. The van der Waals surface area contributed by atoms with Crippen molar-refractivity contribution >= 4 is 51.3 Å². The van der Waals surface area contributed by atoms with E-state index in [1.54, 1.807) is 18.2 Å². The number of urea groups is 1. The second-order valence-corrected chi connectivity index (χ2v) is 9.74. The molecule has 0 aliphatic carbocycles. The molecule has 5 heterocycles. The first-order valence-electron chi connectivity index (χ1n) is 11.5. The molecule has 4 aliphatic rings. The van der Waals surface area contributed by atoms with Crippen LogP contribution in [0.15, 0.2) is 48.7 Å². The zero-order valence-corrected chi connectivity index (χ0v) is 19.7. The van der Waals surface area contributed by atoms with Crippen molar-refractivity contribution in [2.75, 3.05) is 36.8 Å². The summed E-state index contributed by atoms with van der Waals surface area (Å²) in [5, 5.41) is 14.0. The summed E-state index contributed by atoms with van der Waals surface area (Å²) in [4.78, 5) is 35.9. The van der Waals surface area contributed by atoms with Crippen LogP contribution in [-0.2, 0) is 4.79 Å². The van der Waals surface area contributed by atoms with Gasteiger partial charge in [0.2, 0.25) is 6.79 Å². The van der Waals surface area contributed by atoms with Gasteiger partial charge in [-0.3, -0.25) is 4.79 Å². The summed E-state index contributed by atoms with van der Waals surface area (Å²) in [5.41, 5.74) is 1.38. The predicted molar refractivity (Wildman–Crippen MR) is 132 cm³/mol. The molecule has 2 aromatic carbocycles. The Balaban J connectivity index is 1.25. The first kappa shape index (κ1) is 21.2. The lowest BCUT2D eigenvalue weighted by Crippen LogP contribution is -2.63. The van der Waals surface area contributed by atoms with E-state index in [2.05, 4.69) is 21.3 Å². The molecule has 3 amide bonds. The highest BCUT2D eigenvalue weighted by Crippen LogP contribution is 2.45. The van der Waals surface area contributed by atoms with Gasteiger partial charge in [-0.2, -0.15) is 10.2 Å². The molecule has 3 aromatic rings. The maximum absolute atomic E-state index is 14.1. The van der Waals surface area contributed by atoms with E-state index >= 15 is 0 Å². The summed E-state index contributed by atoms with van der Waals surface area (Å²) in [6.07, 6.45) is 1.45. The summed E-state index contributed by atoms with van der Waals surface area (Å²) in [6.45, 7) is 1.66. The van der Waals surface area contributed by atoms with Gasteiger partial charge in [-0.25, -0.2) is 19.2 Å². The van der Waals surface area contributed by atoms with Crippen molar-refractivity contribution in [1.82, 2.24) is 9.88 Å². The second kappa shape index (κ2) is 7.44. The number of benzene rings is 2. The molecule has 1 aromatic heterocycles. The zero-order valence-electron chi connectivity index (χ0n) is 18.9. The van der Waals surface area contributed by atoms with Crippen LogP contribution in [0.25, 0.3) is 10.8 Å². The molecule has 0 saturated carbocycles. The summed E-state index contributed by atoms with van der Waals surface area (Å²) in [6, 6.07) is 13.5. The maximum atomic E-state index is 14.1. The van der Waals surface area contributed by atoms with Crippen LogP contribution < -0.4 is 19.7 Å². The van der Waals surface area contributed by atoms with Crippen LogP contribution in [0.1, 0.15) is 5.69 Å². The second-order valence-electron chi connectivity index (χ2n) is 9.30. The van der Waals surface area contributed by atoms with E-state index in [1.165, 1.54) is 11.1 Å². The Bertz CT molecular complexity index is 1550. The van der Waals surface area contributed by atoms with Crippen molar-refractivity contribution in [1.29, 1.82) is 5.26 Å². The number of quaternary nitrogens is 1. The number of rotatable bonds is 3. The molecule has 4 aliphatic heterocycles. The number of carbonyl (C=O) groups is 2. The first-order valence-corrected chi connectivity index (χ1v) is 11.9. The van der Waals surface area contributed by atoms with Crippen LogP contribution in [0.5, 0.6) is 11.5 Å². The van der Waals surface area contributed by atoms with Gasteiger partial charge in [0.15, 0.2) is 23.6 Å². The molecule has 1 N–H and O–H groups in total. The highest BCUT2D eigenvalue weighted by atomic mass is 32.1. The first-order chi connectivity index (χ1) is 17.5. The molecule has 7 rings (SSSR count). The van der Waals surface area contributed by atoms with Gasteiger partial charge in [0.05, 0.1) is 25.0 Å². The normalized spacial score (nSPS) is 27.4. The molecule has 178 valence electrons. The van der Waals surface area contributed by atoms with E-state index in [-0.39, 0.29) is 35.0 Å². The Morgan fingerprint density at radius 2 is 1.94 bits per heavy atom. The van der Waals surface area contributed by atoms with E-state index in [9.17, 15) is 14.9 Å². The number of nitriles is 1. The van der Waals surface area contributed by atoms with Crippen LogP contribution in [0.4, 0.5) is 16.2 Å². The van der Waals surface area contributed by atoms with Gasteiger partial charge in [-0.1, -0.05) is 36.5 Å². The van der Waals surface area contributed by atoms with Gasteiger partial charge in [-0.05, 0) is 12.1 Å². The average Bonchev–Trinajstić information content (AvgIpc) is 3.65. The molecule has 3 fully saturated rings. The molecule has 10 nitrogen and oxygen atoms in total. The summed E-state index contributed by atoms with van der Waals surface area (Å²) in [7, 11) is 0. The smallest absolute Gasteiger partial charge is 0.433 e. The number of imide groups is 1. The van der Waals surface area contributed by atoms with Crippen molar-refractivity contribution in [2.24, 2.45) is 0 Å². The monoisotopic (exact) mass is 499 g/mol.